The monoisotopic (exact) mass is 1510 g/mol. The van der Waals surface area contributed by atoms with E-state index in [-0.39, 0.29) is 51.7 Å². The zero-order valence-electron chi connectivity index (χ0n) is 60.1. The molecule has 0 saturated carbocycles. The Morgan fingerprint density at radius 3 is 0.954 bits per heavy atom. The molecule has 11 aromatic rings. The molecule has 0 spiro atoms. The van der Waals surface area contributed by atoms with E-state index in [1.165, 1.54) is 75.9 Å². The first-order valence-electron chi connectivity index (χ1n) is 33.4. The Kier molecular flexibility index (Phi) is 42.5. The van der Waals surface area contributed by atoms with Crippen LogP contribution in [0.4, 0.5) is 19.2 Å². The minimum absolute atomic E-state index is 0.0567. The summed E-state index contributed by atoms with van der Waals surface area (Å²) in [4.78, 5) is 54.2. The maximum absolute atomic E-state index is 11.9. The van der Waals surface area contributed by atoms with Gasteiger partial charge < -0.3 is 78.5 Å². The van der Waals surface area contributed by atoms with Gasteiger partial charge in [-0.05, 0) is 107 Å². The van der Waals surface area contributed by atoms with E-state index in [1.807, 2.05) is 84.1 Å². The number of ether oxygens (including phenoxy) is 2. The number of thiophene rings is 2. The van der Waals surface area contributed by atoms with Crippen LogP contribution in [0.1, 0.15) is 78.3 Å². The number of furan rings is 1. The Bertz CT molecular complexity index is 4440. The van der Waals surface area contributed by atoms with E-state index in [1.54, 1.807) is 86.0 Å². The van der Waals surface area contributed by atoms with Crippen LogP contribution in [-0.4, -0.2) is 127 Å². The fourth-order valence-corrected chi connectivity index (χ4v) is 9.83. The molecule has 0 aliphatic heterocycles. The van der Waals surface area contributed by atoms with Gasteiger partial charge in [0.05, 0.1) is 22.3 Å². The lowest BCUT2D eigenvalue weighted by atomic mass is 10.1. The predicted octanol–water partition coefficient (Wildman–Crippen LogP) is 7.76. The highest BCUT2D eigenvalue weighted by Gasteiger charge is 2.07. The van der Waals surface area contributed by atoms with Crippen LogP contribution in [0.25, 0.3) is 0 Å². The number of hydrogen-bond donors (Lipinski definition) is 12. The van der Waals surface area contributed by atoms with Gasteiger partial charge in [0.1, 0.15) is 39.1 Å². The lowest BCUT2D eigenvalue weighted by Gasteiger charge is -2.05. The number of aromatic nitrogens is 6. The molecule has 0 bridgehead atoms. The van der Waals surface area contributed by atoms with E-state index in [4.69, 9.17) is 57.3 Å². The highest BCUT2D eigenvalue weighted by molar-refractivity contribution is 7.08. The summed E-state index contributed by atoms with van der Waals surface area (Å²) in [5.74, 6) is 33.2. The number of aliphatic hydroxyl groups is 4. The maximum atomic E-state index is 11.9. The molecule has 0 aliphatic rings. The van der Waals surface area contributed by atoms with E-state index >= 15 is 0 Å². The number of rotatable bonds is 14. The summed E-state index contributed by atoms with van der Waals surface area (Å²) < 4.78 is 21.1. The number of benzene rings is 4. The predicted molar refractivity (Wildman–Crippen MR) is 422 cm³/mol. The molecular weight excluding hydrogens is 1420 g/mol. The van der Waals surface area contributed by atoms with Gasteiger partial charge in [0, 0.05) is 123 Å². The summed E-state index contributed by atoms with van der Waals surface area (Å²) in [6.07, 6.45) is 15.0. The van der Waals surface area contributed by atoms with Crippen LogP contribution >= 0.6 is 22.7 Å². The number of nitrogens with one attached hydrogen (secondary N) is 4. The van der Waals surface area contributed by atoms with Gasteiger partial charge in [-0.2, -0.15) is 0 Å². The highest BCUT2D eigenvalue weighted by Crippen LogP contribution is 2.14. The molecule has 0 atom stereocenters. The molecule has 109 heavy (non-hydrogen) atoms. The largest absolute Gasteiger partial charge is 0.439 e. The molecule has 562 valence electrons. The van der Waals surface area contributed by atoms with Crippen LogP contribution in [0.15, 0.2) is 222 Å². The summed E-state index contributed by atoms with van der Waals surface area (Å²) in [6.45, 7) is 3.94. The van der Waals surface area contributed by atoms with Crippen LogP contribution in [-0.2, 0) is 61.8 Å². The minimum atomic E-state index is -0.550. The van der Waals surface area contributed by atoms with Crippen molar-refractivity contribution in [3.63, 3.8) is 0 Å². The van der Waals surface area contributed by atoms with Gasteiger partial charge in [-0.3, -0.25) is 18.3 Å². The average molecular weight is 1510 g/mol. The average Bonchev–Trinajstić information content (AvgIpc) is 1.75. The molecule has 0 aliphatic carbocycles. The standard InChI is InChI=1S/C28H28N4O4S.C10H8O3.C10H8O2S.2C9H14N2.2C8H7N3O/c29-15-21-5-9-23(10-6-21)17-31-27(33)35-13-1-3-25-19-37-20-26(25)4-2-14-36-28(34)32-18-24-11-7-22(16-30)8-12-24;11-7-1-3-9-5-6-10(13-9)4-2-8-12;11-5-1-3-9-7-13-8-10(9)4-2-6-12;2*1-11-7-9-4-2-8(6-10)3-5-9;2*12-8(10-4-1-2-5-10)11-6-3-9-7-11/h5-12,19-20H,13-18,29-30H2,(H,31,33)(H,32,34);5-6,11-12H,7-8H2;7-8,11-12H,5-6H2;2*2-5,11H,6-7,10H2,1H3;2*1-7H. The Labute approximate surface area is 642 Å². The maximum Gasteiger partial charge on any atom is 0.408 e. The van der Waals surface area contributed by atoms with Crippen LogP contribution in [0.3, 0.4) is 0 Å². The third-order valence-corrected chi connectivity index (χ3v) is 15.4. The molecule has 0 saturated heterocycles. The van der Waals surface area contributed by atoms with E-state index in [0.29, 0.717) is 61.9 Å². The van der Waals surface area contributed by atoms with Gasteiger partial charge in [0.15, 0.2) is 24.7 Å². The molecule has 11 rings (SSSR count). The van der Waals surface area contributed by atoms with Crippen molar-refractivity contribution in [3.8, 4) is 71.0 Å². The van der Waals surface area contributed by atoms with Crippen molar-refractivity contribution in [2.24, 2.45) is 22.9 Å². The Balaban J connectivity index is 0.000000246. The topological polar surface area (TPSA) is 379 Å². The number of nitrogens with zero attached hydrogens (tertiary/aromatic N) is 6. The van der Waals surface area contributed by atoms with Crippen molar-refractivity contribution in [1.29, 1.82) is 0 Å². The summed E-state index contributed by atoms with van der Waals surface area (Å²) in [7, 11) is 3.88. The number of carbonyl (C=O) groups is 4. The molecule has 7 aromatic heterocycles. The van der Waals surface area contributed by atoms with Crippen molar-refractivity contribution in [3.05, 3.63) is 295 Å². The zero-order valence-corrected chi connectivity index (χ0v) is 61.8. The zero-order chi connectivity index (χ0) is 78.3. The number of imidazole rings is 2. The fraction of sp³-hybridized carbons (Fsp3) is 0.195. The molecule has 0 unspecified atom stereocenters. The number of carbonyl (C=O) groups excluding carboxylic acids is 4. The van der Waals surface area contributed by atoms with Gasteiger partial charge in [0.25, 0.3) is 0 Å². The van der Waals surface area contributed by atoms with Crippen LogP contribution in [0, 0.1) is 71.0 Å². The lowest BCUT2D eigenvalue weighted by Crippen LogP contribution is -2.23. The number of amides is 2. The van der Waals surface area contributed by atoms with Gasteiger partial charge in [-0.25, -0.2) is 29.1 Å². The lowest BCUT2D eigenvalue weighted by molar-refractivity contribution is 0.158. The normalized spacial score (nSPS) is 9.49. The SMILES string of the molecule is CNCc1ccc(CN)cc1.CNCc1ccc(CN)cc1.NCc1ccc(CNC(=O)OCC#Cc2cscc2C#CCOC(=O)NCc2ccc(CN)cc2)cc1.O=C(n1cccc1)n1ccnc1.O=C(n1cccc1)n1ccnc1.OCC#Cc1ccc(C#CCO)o1.OCC#Cc1cscc1C#CCO. The van der Waals surface area contributed by atoms with Gasteiger partial charge in [-0.15, -0.1) is 22.7 Å². The van der Waals surface area contributed by atoms with E-state index < -0.39 is 12.2 Å². The van der Waals surface area contributed by atoms with Crippen LogP contribution in [0.5, 0.6) is 0 Å². The van der Waals surface area contributed by atoms with Crippen molar-refractivity contribution in [1.82, 2.24) is 49.5 Å². The summed E-state index contributed by atoms with van der Waals surface area (Å²) in [5.41, 5.74) is 34.0. The smallest absolute Gasteiger partial charge is 0.408 e. The Hall–Kier alpha value is -12.6. The van der Waals surface area contributed by atoms with Crippen molar-refractivity contribution < 1.29 is 53.5 Å². The molecule has 25 nitrogen and oxygen atoms in total. The first-order valence-corrected chi connectivity index (χ1v) is 35.3. The molecule has 0 fully saturated rings. The Morgan fingerprint density at radius 2 is 0.679 bits per heavy atom. The number of hydrogen-bond acceptors (Lipinski definition) is 21. The van der Waals surface area contributed by atoms with Crippen molar-refractivity contribution in [2.75, 3.05) is 53.7 Å². The molecule has 4 aromatic carbocycles. The number of aliphatic hydroxyl groups excluding tert-OH is 4. The molecule has 16 N–H and O–H groups in total. The third kappa shape index (κ3) is 34.9. The van der Waals surface area contributed by atoms with E-state index in [9.17, 15) is 19.2 Å². The van der Waals surface area contributed by atoms with E-state index in [0.717, 1.165) is 46.5 Å². The first kappa shape index (κ1) is 87.0. The highest BCUT2D eigenvalue weighted by atomic mass is 32.1. The van der Waals surface area contributed by atoms with Crippen molar-refractivity contribution >= 4 is 46.9 Å². The van der Waals surface area contributed by atoms with Crippen molar-refractivity contribution in [2.45, 2.75) is 52.4 Å². The second-order valence-corrected chi connectivity index (χ2v) is 23.2. The Morgan fingerprint density at radius 1 is 0.394 bits per heavy atom. The molecule has 0 radical (unpaired) electrons. The quantitative estimate of drug-likeness (QED) is 0.0463. The van der Waals surface area contributed by atoms with Crippen LogP contribution in [0.2, 0.25) is 0 Å². The summed E-state index contributed by atoms with van der Waals surface area (Å²) in [5, 5.41) is 52.7. The fourth-order valence-electron chi connectivity index (χ4n) is 8.41. The second kappa shape index (κ2) is 53.2. The number of alkyl carbamates (subject to hydrolysis) is 2. The number of nitrogens with two attached hydrogens (primary N) is 4. The summed E-state index contributed by atoms with van der Waals surface area (Å²) in [6, 6.07) is 42.2. The minimum Gasteiger partial charge on any atom is -0.439 e. The molecule has 27 heteroatoms. The molecule has 2 amide bonds. The third-order valence-electron chi connectivity index (χ3n) is 13.9. The van der Waals surface area contributed by atoms with Crippen LogP contribution < -0.4 is 44.2 Å². The van der Waals surface area contributed by atoms with E-state index in [2.05, 4.69) is 151 Å². The van der Waals surface area contributed by atoms with Gasteiger partial charge in [0.2, 0.25) is 0 Å². The van der Waals surface area contributed by atoms with Gasteiger partial charge in [-0.1, -0.05) is 156 Å². The molecule has 7 heterocycles. The summed E-state index contributed by atoms with van der Waals surface area (Å²) >= 11 is 2.95. The second-order valence-electron chi connectivity index (χ2n) is 21.7. The molecular formula is C82H86N14O11S2. The van der Waals surface area contributed by atoms with Gasteiger partial charge >= 0.3 is 24.2 Å². The first-order chi connectivity index (χ1) is 53.3.